The third kappa shape index (κ3) is 7.15. The van der Waals surface area contributed by atoms with Crippen LogP contribution in [-0.2, 0) is 0 Å². The molecule has 54 valence electrons. The SMILES string of the molecule is C[CH2][Al+][P](CC)CC.[Cl-]. The molecule has 0 aromatic heterocycles. The van der Waals surface area contributed by atoms with Crippen LogP contribution in [-0.4, -0.2) is 27.1 Å². The van der Waals surface area contributed by atoms with E-state index < -0.39 is 0 Å². The number of rotatable bonds is 4. The summed E-state index contributed by atoms with van der Waals surface area (Å²) in [6.07, 6.45) is 2.93. The maximum absolute atomic E-state index is 2.33. The Bertz CT molecular complexity index is 48.3. The van der Waals surface area contributed by atoms with Gasteiger partial charge in [0.05, 0.1) is 0 Å². The fourth-order valence-corrected chi connectivity index (χ4v) is 5.32. The molecule has 0 bridgehead atoms. The van der Waals surface area contributed by atoms with E-state index in [2.05, 4.69) is 20.8 Å². The Morgan fingerprint density at radius 2 is 1.56 bits per heavy atom. The third-order valence-electron chi connectivity index (χ3n) is 1.25. The van der Waals surface area contributed by atoms with E-state index in [0.717, 1.165) is 14.8 Å². The molecule has 0 nitrogen and oxygen atoms in total. The second-order valence-electron chi connectivity index (χ2n) is 1.81. The van der Waals surface area contributed by atoms with E-state index in [9.17, 15) is 0 Å². The van der Waals surface area contributed by atoms with Crippen molar-refractivity contribution in [3.63, 3.8) is 0 Å². The zero-order valence-corrected chi connectivity index (χ0v) is 9.33. The van der Waals surface area contributed by atoms with Crippen molar-refractivity contribution >= 4 is 21.3 Å². The Hall–Kier alpha value is 1.25. The van der Waals surface area contributed by atoms with Crippen LogP contribution in [0.4, 0.5) is 0 Å². The molecular formula is C6H15AlClP. The first-order chi connectivity index (χ1) is 3.85. The largest absolute Gasteiger partial charge is 1.00 e. The molecule has 0 aliphatic rings. The summed E-state index contributed by atoms with van der Waals surface area (Å²) in [6.45, 7) is 7.50. The number of halogens is 1. The van der Waals surface area contributed by atoms with E-state index in [4.69, 9.17) is 0 Å². The standard InChI is InChI=1S/C4H10P.C2H5.Al.ClH/c1-3-5-4-2;1-2;;/h3-4H2,1-2H3;1H2,2H3;;1H/q-1;;+2;/p-1. The minimum Gasteiger partial charge on any atom is -1.00 e. The van der Waals surface area contributed by atoms with Crippen molar-refractivity contribution in [2.75, 3.05) is 12.3 Å². The fraction of sp³-hybridized carbons (Fsp3) is 1.00. The van der Waals surface area contributed by atoms with Gasteiger partial charge in [-0.3, -0.25) is 0 Å². The van der Waals surface area contributed by atoms with Crippen molar-refractivity contribution in [2.45, 2.75) is 26.1 Å². The van der Waals surface area contributed by atoms with Crippen LogP contribution in [0.15, 0.2) is 0 Å². The first-order valence-corrected chi connectivity index (χ1v) is 7.57. The molecule has 0 saturated heterocycles. The minimum absolute atomic E-state index is 0. The molecule has 0 saturated carbocycles. The van der Waals surface area contributed by atoms with Gasteiger partial charge in [-0.1, -0.05) is 0 Å². The van der Waals surface area contributed by atoms with Crippen molar-refractivity contribution in [2.24, 2.45) is 0 Å². The molecule has 0 amide bonds. The van der Waals surface area contributed by atoms with Gasteiger partial charge in [-0.15, -0.1) is 0 Å². The predicted octanol–water partition coefficient (Wildman–Crippen LogP) is -0.430. The van der Waals surface area contributed by atoms with Crippen LogP contribution in [0.3, 0.4) is 0 Å². The van der Waals surface area contributed by atoms with E-state index in [0.29, 0.717) is 6.57 Å². The molecule has 0 fully saturated rings. The molecular weight excluding hydrogens is 165 g/mol. The first-order valence-electron chi connectivity index (χ1n) is 3.42. The van der Waals surface area contributed by atoms with Gasteiger partial charge in [0, 0.05) is 0 Å². The number of hydrogen-bond donors (Lipinski definition) is 0. The van der Waals surface area contributed by atoms with Gasteiger partial charge in [0.1, 0.15) is 0 Å². The van der Waals surface area contributed by atoms with Crippen LogP contribution < -0.4 is 12.4 Å². The molecule has 0 atom stereocenters. The van der Waals surface area contributed by atoms with Crippen LogP contribution in [0, 0.1) is 0 Å². The molecule has 0 N–H and O–H groups in total. The molecule has 0 aliphatic carbocycles. The van der Waals surface area contributed by atoms with E-state index >= 15 is 0 Å². The average molecular weight is 181 g/mol. The van der Waals surface area contributed by atoms with Crippen molar-refractivity contribution in [3.8, 4) is 0 Å². The zero-order chi connectivity index (χ0) is 6.41. The molecule has 9 heavy (non-hydrogen) atoms. The Morgan fingerprint density at radius 1 is 1.11 bits per heavy atom. The van der Waals surface area contributed by atoms with Gasteiger partial charge in [0.2, 0.25) is 0 Å². The van der Waals surface area contributed by atoms with Crippen LogP contribution >= 0.6 is 6.57 Å². The van der Waals surface area contributed by atoms with Crippen LogP contribution in [0.1, 0.15) is 20.8 Å². The van der Waals surface area contributed by atoms with Gasteiger partial charge in [0.15, 0.2) is 0 Å². The number of hydrogen-bond acceptors (Lipinski definition) is 0. The molecule has 0 heterocycles. The van der Waals surface area contributed by atoms with Gasteiger partial charge < -0.3 is 12.4 Å². The van der Waals surface area contributed by atoms with Gasteiger partial charge in [-0.05, 0) is 0 Å². The molecule has 0 aromatic carbocycles. The van der Waals surface area contributed by atoms with Crippen molar-refractivity contribution in [1.82, 2.24) is 0 Å². The monoisotopic (exact) mass is 180 g/mol. The zero-order valence-electron chi connectivity index (χ0n) is 6.52. The molecule has 0 radical (unpaired) electrons. The van der Waals surface area contributed by atoms with E-state index in [1.54, 1.807) is 0 Å². The molecule has 0 spiro atoms. The van der Waals surface area contributed by atoms with Gasteiger partial charge in [0.25, 0.3) is 0 Å². The quantitative estimate of drug-likeness (QED) is 0.407. The molecule has 0 aliphatic heterocycles. The van der Waals surface area contributed by atoms with E-state index in [-0.39, 0.29) is 12.4 Å². The summed E-state index contributed by atoms with van der Waals surface area (Å²) in [7, 11) is 0. The van der Waals surface area contributed by atoms with E-state index in [1.807, 2.05) is 0 Å². The molecule has 0 unspecified atom stereocenters. The first kappa shape index (κ1) is 12.9. The summed E-state index contributed by atoms with van der Waals surface area (Å²) in [5, 5.41) is 1.47. The normalized spacial score (nSPS) is 8.44. The summed E-state index contributed by atoms with van der Waals surface area (Å²) in [6, 6.07) is 0. The van der Waals surface area contributed by atoms with Crippen LogP contribution in [0.2, 0.25) is 5.28 Å². The van der Waals surface area contributed by atoms with E-state index in [1.165, 1.54) is 17.6 Å². The topological polar surface area (TPSA) is 0 Å². The maximum Gasteiger partial charge on any atom is -1.00 e. The fourth-order valence-electron chi connectivity index (χ4n) is 0.740. The van der Waals surface area contributed by atoms with Crippen LogP contribution in [0.25, 0.3) is 0 Å². The second kappa shape index (κ2) is 9.25. The summed E-state index contributed by atoms with van der Waals surface area (Å²) in [5.74, 6) is 0. The Kier molecular flexibility index (Phi) is 13.2. The maximum atomic E-state index is 2.33. The summed E-state index contributed by atoms with van der Waals surface area (Å²) in [5.41, 5.74) is 0. The minimum atomic E-state index is 0. The Balaban J connectivity index is 0. The predicted molar refractivity (Wildman–Crippen MR) is 44.2 cm³/mol. The van der Waals surface area contributed by atoms with Crippen molar-refractivity contribution in [3.05, 3.63) is 0 Å². The second-order valence-corrected chi connectivity index (χ2v) is 8.72. The van der Waals surface area contributed by atoms with Gasteiger partial charge in [-0.25, -0.2) is 0 Å². The average Bonchev–Trinajstić information content (AvgIpc) is 1.83. The molecule has 3 heteroatoms. The summed E-state index contributed by atoms with van der Waals surface area (Å²) < 4.78 is 0. The third-order valence-corrected chi connectivity index (χ3v) is 8.59. The van der Waals surface area contributed by atoms with Gasteiger partial charge >= 0.3 is 59.7 Å². The van der Waals surface area contributed by atoms with Crippen LogP contribution in [0.5, 0.6) is 0 Å². The van der Waals surface area contributed by atoms with Crippen molar-refractivity contribution in [1.29, 1.82) is 0 Å². The van der Waals surface area contributed by atoms with Gasteiger partial charge in [-0.2, -0.15) is 0 Å². The Morgan fingerprint density at radius 3 is 1.67 bits per heavy atom. The molecule has 0 rings (SSSR count). The van der Waals surface area contributed by atoms with Crippen molar-refractivity contribution < 1.29 is 12.4 Å². The smallest absolute Gasteiger partial charge is 1.00 e. The summed E-state index contributed by atoms with van der Waals surface area (Å²) in [4.78, 5) is 0. The Labute approximate surface area is 72.3 Å². The molecule has 0 aromatic rings. The summed E-state index contributed by atoms with van der Waals surface area (Å²) >= 11 is 0.836.